The van der Waals surface area contributed by atoms with E-state index in [2.05, 4.69) is 10.9 Å². The average molecular weight is 168 g/mol. The first kappa shape index (κ1) is 8.21. The van der Waals surface area contributed by atoms with Gasteiger partial charge in [-0.05, 0) is 12.1 Å². The second-order valence-electron chi connectivity index (χ2n) is 2.00. The molecule has 0 bridgehead atoms. The second-order valence-corrected chi connectivity index (χ2v) is 3.17. The SMILES string of the molecule is N#Cc1ccc(CCON)s1. The van der Waals surface area contributed by atoms with E-state index in [0.717, 1.165) is 16.2 Å². The Labute approximate surface area is 69.0 Å². The molecule has 0 aliphatic rings. The molecule has 0 unspecified atom stereocenters. The third-order valence-corrected chi connectivity index (χ3v) is 2.29. The van der Waals surface area contributed by atoms with E-state index in [-0.39, 0.29) is 0 Å². The molecule has 0 atom stereocenters. The zero-order chi connectivity index (χ0) is 8.10. The Morgan fingerprint density at radius 1 is 1.64 bits per heavy atom. The van der Waals surface area contributed by atoms with Gasteiger partial charge in [0.05, 0.1) is 6.61 Å². The monoisotopic (exact) mass is 168 g/mol. The lowest BCUT2D eigenvalue weighted by atomic mass is 10.3. The van der Waals surface area contributed by atoms with Crippen LogP contribution in [0.25, 0.3) is 0 Å². The summed E-state index contributed by atoms with van der Waals surface area (Å²) in [5.74, 6) is 4.86. The maximum Gasteiger partial charge on any atom is 0.110 e. The van der Waals surface area contributed by atoms with Crippen molar-refractivity contribution < 1.29 is 4.84 Å². The van der Waals surface area contributed by atoms with E-state index < -0.39 is 0 Å². The van der Waals surface area contributed by atoms with Gasteiger partial charge in [0.15, 0.2) is 0 Å². The van der Waals surface area contributed by atoms with Gasteiger partial charge in [-0.3, -0.25) is 0 Å². The Morgan fingerprint density at radius 3 is 3.00 bits per heavy atom. The number of nitriles is 1. The molecule has 0 aliphatic heterocycles. The molecule has 0 aliphatic carbocycles. The van der Waals surface area contributed by atoms with Gasteiger partial charge in [-0.2, -0.15) is 5.26 Å². The molecule has 1 aromatic heterocycles. The van der Waals surface area contributed by atoms with Gasteiger partial charge in [0.25, 0.3) is 0 Å². The Bertz CT molecular complexity index is 264. The number of thiophene rings is 1. The number of nitrogens with zero attached hydrogens (tertiary/aromatic N) is 1. The van der Waals surface area contributed by atoms with Crippen LogP contribution in [-0.4, -0.2) is 6.61 Å². The van der Waals surface area contributed by atoms with Crippen molar-refractivity contribution in [1.82, 2.24) is 0 Å². The highest BCUT2D eigenvalue weighted by molar-refractivity contribution is 7.12. The van der Waals surface area contributed by atoms with E-state index in [0.29, 0.717) is 6.61 Å². The van der Waals surface area contributed by atoms with Gasteiger partial charge in [-0.1, -0.05) is 0 Å². The lowest BCUT2D eigenvalue weighted by Gasteiger charge is -1.92. The number of rotatable bonds is 3. The molecule has 0 spiro atoms. The van der Waals surface area contributed by atoms with Gasteiger partial charge in [-0.15, -0.1) is 11.3 Å². The van der Waals surface area contributed by atoms with Gasteiger partial charge in [0.1, 0.15) is 10.9 Å². The smallest absolute Gasteiger partial charge is 0.110 e. The Hall–Kier alpha value is -0.890. The minimum Gasteiger partial charge on any atom is -0.304 e. The highest BCUT2D eigenvalue weighted by atomic mass is 32.1. The van der Waals surface area contributed by atoms with Crippen LogP contribution in [0.4, 0.5) is 0 Å². The summed E-state index contributed by atoms with van der Waals surface area (Å²) in [5, 5.41) is 8.48. The van der Waals surface area contributed by atoms with Crippen molar-refractivity contribution in [2.75, 3.05) is 6.61 Å². The van der Waals surface area contributed by atoms with Crippen molar-refractivity contribution in [1.29, 1.82) is 5.26 Å². The average Bonchev–Trinajstić information content (AvgIpc) is 2.48. The van der Waals surface area contributed by atoms with E-state index in [9.17, 15) is 0 Å². The molecule has 2 N–H and O–H groups in total. The Balaban J connectivity index is 2.53. The van der Waals surface area contributed by atoms with Crippen molar-refractivity contribution in [3.8, 4) is 6.07 Å². The fraction of sp³-hybridized carbons (Fsp3) is 0.286. The van der Waals surface area contributed by atoms with Crippen molar-refractivity contribution in [2.24, 2.45) is 5.90 Å². The summed E-state index contributed by atoms with van der Waals surface area (Å²) in [6.45, 7) is 0.505. The highest BCUT2D eigenvalue weighted by Gasteiger charge is 1.97. The van der Waals surface area contributed by atoms with Crippen molar-refractivity contribution in [3.63, 3.8) is 0 Å². The molecule has 1 aromatic rings. The molecule has 0 amide bonds. The Kier molecular flexibility index (Phi) is 3.05. The van der Waals surface area contributed by atoms with Crippen LogP contribution >= 0.6 is 11.3 Å². The zero-order valence-electron chi connectivity index (χ0n) is 5.91. The molecule has 0 saturated heterocycles. The zero-order valence-corrected chi connectivity index (χ0v) is 6.73. The molecule has 0 saturated carbocycles. The summed E-state index contributed by atoms with van der Waals surface area (Å²) >= 11 is 1.48. The minimum absolute atomic E-state index is 0.505. The minimum atomic E-state index is 0.505. The molecule has 11 heavy (non-hydrogen) atoms. The van der Waals surface area contributed by atoms with Crippen LogP contribution in [0.5, 0.6) is 0 Å². The quantitative estimate of drug-likeness (QED) is 0.686. The largest absolute Gasteiger partial charge is 0.304 e. The van der Waals surface area contributed by atoms with Crippen LogP contribution in [0.1, 0.15) is 9.75 Å². The van der Waals surface area contributed by atoms with Crippen LogP contribution < -0.4 is 5.90 Å². The maximum atomic E-state index is 8.48. The topological polar surface area (TPSA) is 59.0 Å². The summed E-state index contributed by atoms with van der Waals surface area (Å²) in [6, 6.07) is 5.79. The first-order valence-corrected chi connectivity index (χ1v) is 3.99. The Morgan fingerprint density at radius 2 is 2.45 bits per heavy atom. The molecule has 0 radical (unpaired) electrons. The third kappa shape index (κ3) is 2.31. The third-order valence-electron chi connectivity index (χ3n) is 1.24. The van der Waals surface area contributed by atoms with Crippen molar-refractivity contribution in [2.45, 2.75) is 6.42 Å². The van der Waals surface area contributed by atoms with E-state index in [1.807, 2.05) is 6.07 Å². The second kappa shape index (κ2) is 4.09. The first-order chi connectivity index (χ1) is 5.36. The molecular weight excluding hydrogens is 160 g/mol. The fourth-order valence-electron chi connectivity index (χ4n) is 0.732. The van der Waals surface area contributed by atoms with E-state index in [4.69, 9.17) is 11.2 Å². The molecule has 1 heterocycles. The van der Waals surface area contributed by atoms with E-state index >= 15 is 0 Å². The van der Waals surface area contributed by atoms with Crippen LogP contribution in [0.15, 0.2) is 12.1 Å². The lowest BCUT2D eigenvalue weighted by Crippen LogP contribution is -2.02. The van der Waals surface area contributed by atoms with Gasteiger partial charge >= 0.3 is 0 Å². The number of hydrogen-bond donors (Lipinski definition) is 1. The molecule has 3 nitrogen and oxygen atoms in total. The van der Waals surface area contributed by atoms with Crippen molar-refractivity contribution >= 4 is 11.3 Å². The van der Waals surface area contributed by atoms with Gasteiger partial charge in [0, 0.05) is 11.3 Å². The molecule has 1 rings (SSSR count). The molecule has 0 fully saturated rings. The molecule has 4 heteroatoms. The normalized spacial score (nSPS) is 9.45. The summed E-state index contributed by atoms with van der Waals surface area (Å²) in [7, 11) is 0. The number of hydrogen-bond acceptors (Lipinski definition) is 4. The van der Waals surface area contributed by atoms with Gasteiger partial charge in [-0.25, -0.2) is 5.90 Å². The fourth-order valence-corrected chi connectivity index (χ4v) is 1.52. The van der Waals surface area contributed by atoms with Crippen LogP contribution in [0.3, 0.4) is 0 Å². The standard InChI is InChI=1S/C7H8N2OS/c8-5-7-2-1-6(11-7)3-4-10-9/h1-2H,3-4,9H2. The van der Waals surface area contributed by atoms with Crippen LogP contribution in [0, 0.1) is 11.3 Å². The van der Waals surface area contributed by atoms with E-state index in [1.165, 1.54) is 11.3 Å². The maximum absolute atomic E-state index is 8.48. The molecule has 0 aromatic carbocycles. The summed E-state index contributed by atoms with van der Waals surface area (Å²) in [6.07, 6.45) is 0.781. The van der Waals surface area contributed by atoms with Crippen LogP contribution in [-0.2, 0) is 11.3 Å². The summed E-state index contributed by atoms with van der Waals surface area (Å²) < 4.78 is 0. The van der Waals surface area contributed by atoms with Crippen molar-refractivity contribution in [3.05, 3.63) is 21.9 Å². The first-order valence-electron chi connectivity index (χ1n) is 3.17. The van der Waals surface area contributed by atoms with E-state index in [1.54, 1.807) is 6.07 Å². The van der Waals surface area contributed by atoms with Gasteiger partial charge < -0.3 is 4.84 Å². The summed E-state index contributed by atoms with van der Waals surface area (Å²) in [5.41, 5.74) is 0. The number of nitrogens with two attached hydrogens (primary N) is 1. The van der Waals surface area contributed by atoms with Crippen LogP contribution in [0.2, 0.25) is 0 Å². The van der Waals surface area contributed by atoms with Gasteiger partial charge in [0.2, 0.25) is 0 Å². The molecular formula is C7H8N2OS. The molecule has 58 valence electrons. The predicted molar refractivity (Wildman–Crippen MR) is 42.9 cm³/mol. The summed E-state index contributed by atoms with van der Waals surface area (Å²) in [4.78, 5) is 6.28. The lowest BCUT2D eigenvalue weighted by molar-refractivity contribution is 0.142. The highest BCUT2D eigenvalue weighted by Crippen LogP contribution is 2.15. The predicted octanol–water partition coefficient (Wildman–Crippen LogP) is 1.05.